The second-order valence-corrected chi connectivity index (χ2v) is 68.1. The van der Waals surface area contributed by atoms with Crippen molar-refractivity contribution in [3.8, 4) is 0 Å². The summed E-state index contributed by atoms with van der Waals surface area (Å²) in [6, 6.07) is 0. The molecule has 4 aliphatic carbocycles. The Morgan fingerprint density at radius 2 is 0.478 bits per heavy atom. The van der Waals surface area contributed by atoms with E-state index in [0.29, 0.717) is 0 Å². The molecule has 0 N–H and O–H groups in total. The van der Waals surface area contributed by atoms with Gasteiger partial charge in [0.15, 0.2) is 0 Å². The van der Waals surface area contributed by atoms with Gasteiger partial charge in [-0.05, 0) is 0 Å². The number of hydrogen-bond donors (Lipinski definition) is 0. The van der Waals surface area contributed by atoms with E-state index in [1.165, 1.54) is 0 Å². The molecule has 0 bridgehead atoms. The van der Waals surface area contributed by atoms with Crippen molar-refractivity contribution in [2.24, 2.45) is 23.7 Å². The van der Waals surface area contributed by atoms with E-state index in [1.807, 2.05) is 13.3 Å². The van der Waals surface area contributed by atoms with Crippen molar-refractivity contribution in [1.82, 2.24) is 0 Å². The minimum Gasteiger partial charge on any atom is -1.00 e. The quantitative estimate of drug-likeness (QED) is 0.278. The summed E-state index contributed by atoms with van der Waals surface area (Å²) in [5, 5.41) is 0. The van der Waals surface area contributed by atoms with Crippen molar-refractivity contribution in [3.05, 3.63) is 80.2 Å². The molecule has 6 heteroatoms. The molecule has 0 spiro atoms. The van der Waals surface area contributed by atoms with Crippen molar-refractivity contribution in [2.75, 3.05) is 0 Å². The van der Waals surface area contributed by atoms with E-state index in [2.05, 4.69) is 137 Å². The fourth-order valence-electron chi connectivity index (χ4n) is 8.73. The van der Waals surface area contributed by atoms with Crippen LogP contribution < -0.4 is 9.41 Å². The second kappa shape index (κ2) is 16.8. The van der Waals surface area contributed by atoms with E-state index in [4.69, 9.17) is 0 Å². The summed E-state index contributed by atoms with van der Waals surface area (Å²) in [7, 11) is 0. The van der Waals surface area contributed by atoms with Crippen molar-refractivity contribution < 1.29 is 50.6 Å². The number of rotatable bonds is 6. The zero-order valence-electron chi connectivity index (χ0n) is 33.2. The van der Waals surface area contributed by atoms with Gasteiger partial charge in [-0.1, -0.05) is 0 Å². The molecule has 46 heavy (non-hydrogen) atoms. The third kappa shape index (κ3) is 7.50. The van der Waals surface area contributed by atoms with Crippen molar-refractivity contribution in [2.45, 2.75) is 137 Å². The van der Waals surface area contributed by atoms with Crippen molar-refractivity contribution >= 4 is 12.0 Å². The molecular weight excluding hydrogens is 932 g/mol. The first-order valence-electron chi connectivity index (χ1n) is 17.5. The maximum atomic E-state index is 2.63. The van der Waals surface area contributed by atoms with Gasteiger partial charge >= 0.3 is 294 Å². The predicted octanol–water partition coefficient (Wildman–Crippen LogP) is 6.22. The molecule has 4 aliphatic rings. The van der Waals surface area contributed by atoms with E-state index < -0.39 is 53.2 Å². The summed E-state index contributed by atoms with van der Waals surface area (Å²) >= 11 is -3.79. The first-order chi connectivity index (χ1) is 20.2. The Morgan fingerprint density at radius 3 is 0.565 bits per heavy atom. The molecule has 0 radical (unpaired) electrons. The molecule has 0 nitrogen and oxygen atoms in total. The van der Waals surface area contributed by atoms with Crippen LogP contribution >= 0.6 is 0 Å². The van der Waals surface area contributed by atoms with Gasteiger partial charge in [0, 0.05) is 0 Å². The Bertz CT molecular complexity index is 1280. The van der Waals surface area contributed by atoms with Crippen LogP contribution in [0.3, 0.4) is 0 Å². The molecule has 0 saturated heterocycles. The van der Waals surface area contributed by atoms with Crippen LogP contribution in [-0.4, -0.2) is 12.0 Å². The van der Waals surface area contributed by atoms with E-state index in [-0.39, 0.29) is 9.41 Å². The maximum Gasteiger partial charge on any atom is -1.00 e. The molecule has 0 saturated carbocycles. The third-order valence-corrected chi connectivity index (χ3v) is 70.2. The predicted molar refractivity (Wildman–Crippen MR) is 199 cm³/mol. The summed E-state index contributed by atoms with van der Waals surface area (Å²) in [6.07, 6.45) is 0. The standard InChI is InChI=1S/4C9H13.2C2H7Si.2FH.2Hf/c4*1-6-5-7(2)9(4)8(6)3;2*1-3-2;;;;/h4*6H,1-4H3;2*3H,1-2H3;2*1H;;/q;;;;;;;;2*+1/p-2. The molecule has 0 fully saturated rings. The SMILES string of the molecule is CC1=C(C)C(C)[C]([Hf+]([C]2=C(C)C(C)=C(C)C2C)[SiH](C)C)=C1C.CC1=C(C)C(C)[C]([Hf+]([C]2=C(C)C(C)=C(C)C2C)[SiH](C)C)=C1C.[F-].[F-]. The fourth-order valence-corrected chi connectivity index (χ4v) is 73.7. The third-order valence-electron chi connectivity index (χ3n) is 12.9. The summed E-state index contributed by atoms with van der Waals surface area (Å²) in [5.41, 5.74) is 19.7. The molecule has 0 amide bonds. The van der Waals surface area contributed by atoms with Crippen LogP contribution in [0.2, 0.25) is 26.2 Å². The van der Waals surface area contributed by atoms with E-state index in [1.54, 1.807) is 66.9 Å². The molecule has 4 unspecified atom stereocenters. The van der Waals surface area contributed by atoms with E-state index in [9.17, 15) is 0 Å². The molecule has 0 aromatic rings. The van der Waals surface area contributed by atoms with Gasteiger partial charge in [-0.15, -0.1) is 0 Å². The Hall–Kier alpha value is -0.0460. The van der Waals surface area contributed by atoms with Crippen LogP contribution in [0.25, 0.3) is 0 Å². The van der Waals surface area contributed by atoms with Crippen LogP contribution in [-0.2, 0) is 41.2 Å². The van der Waals surface area contributed by atoms with Gasteiger partial charge < -0.3 is 9.41 Å². The molecule has 256 valence electrons. The minimum absolute atomic E-state index is 0. The van der Waals surface area contributed by atoms with Crippen LogP contribution in [0.4, 0.5) is 0 Å². The molecule has 4 atom stereocenters. The summed E-state index contributed by atoms with van der Waals surface area (Å²) < 4.78 is 7.85. The monoisotopic (exact) mass is 1000 g/mol. The van der Waals surface area contributed by atoms with Gasteiger partial charge in [0.1, 0.15) is 0 Å². The number of hydrogen-bond acceptors (Lipinski definition) is 0. The minimum atomic E-state index is -1.89. The van der Waals surface area contributed by atoms with Gasteiger partial charge in [0.05, 0.1) is 0 Å². The Balaban J connectivity index is 0.000000441. The van der Waals surface area contributed by atoms with Crippen LogP contribution in [0, 0.1) is 23.7 Å². The summed E-state index contributed by atoms with van der Waals surface area (Å²) in [6.45, 7) is 49.0. The largest absolute Gasteiger partial charge is 1.00 e. The smallest absolute Gasteiger partial charge is 1.00 e. The van der Waals surface area contributed by atoms with Gasteiger partial charge in [0.25, 0.3) is 0 Å². The zero-order valence-corrected chi connectivity index (χ0v) is 42.7. The molecule has 0 aromatic heterocycles. The first kappa shape index (κ1) is 44.0. The summed E-state index contributed by atoms with van der Waals surface area (Å²) in [4.78, 5) is 0. The molecular formula is C40H66F2Hf2Si2. The normalized spacial score (nSPS) is 25.2. The molecule has 4 rings (SSSR count). The molecule has 0 heterocycles. The van der Waals surface area contributed by atoms with Crippen molar-refractivity contribution in [3.63, 3.8) is 0 Å². The summed E-state index contributed by atoms with van der Waals surface area (Å²) in [5.74, 6) is 1.69. The second-order valence-electron chi connectivity index (χ2n) is 15.4. The maximum absolute atomic E-state index is 2.63. The van der Waals surface area contributed by atoms with Crippen LogP contribution in [0.1, 0.15) is 111 Å². The topological polar surface area (TPSA) is 0 Å². The zero-order chi connectivity index (χ0) is 33.9. The van der Waals surface area contributed by atoms with E-state index in [0.717, 1.165) is 23.7 Å². The van der Waals surface area contributed by atoms with E-state index >= 15 is 0 Å². The van der Waals surface area contributed by atoms with Crippen LogP contribution in [0.5, 0.6) is 0 Å². The van der Waals surface area contributed by atoms with Gasteiger partial charge in [-0.3, -0.25) is 0 Å². The average Bonchev–Trinajstić information content (AvgIpc) is 3.44. The number of allylic oxidation sites excluding steroid dienone is 16. The van der Waals surface area contributed by atoms with Gasteiger partial charge in [-0.2, -0.15) is 0 Å². The van der Waals surface area contributed by atoms with Crippen LogP contribution in [0.15, 0.2) is 80.2 Å². The first-order valence-corrected chi connectivity index (χ1v) is 42.9. The molecule has 0 aromatic carbocycles. The van der Waals surface area contributed by atoms with Gasteiger partial charge in [0.2, 0.25) is 0 Å². The van der Waals surface area contributed by atoms with Crippen molar-refractivity contribution in [1.29, 1.82) is 0 Å². The molecule has 0 aliphatic heterocycles. The average molecular weight is 998 g/mol. The fraction of sp³-hybridized carbons (Fsp3) is 0.600. The Labute approximate surface area is 300 Å². The van der Waals surface area contributed by atoms with Gasteiger partial charge in [-0.25, -0.2) is 0 Å². The Kier molecular flexibility index (Phi) is 16.0. The number of halogens is 2. The Morgan fingerprint density at radius 1 is 0.326 bits per heavy atom.